The van der Waals surface area contributed by atoms with E-state index in [0.717, 1.165) is 10.8 Å². The van der Waals surface area contributed by atoms with E-state index in [4.69, 9.17) is 4.74 Å². The molecule has 3 aromatic carbocycles. The normalized spacial score (nSPS) is 11.1. The number of amides is 1. The third-order valence-electron chi connectivity index (χ3n) is 4.57. The summed E-state index contributed by atoms with van der Waals surface area (Å²) in [5.74, 6) is -1.95. The van der Waals surface area contributed by atoms with Crippen molar-refractivity contribution in [1.29, 1.82) is 0 Å². The van der Waals surface area contributed by atoms with E-state index in [-0.39, 0.29) is 17.1 Å². The molecule has 0 aromatic heterocycles. The van der Waals surface area contributed by atoms with Crippen LogP contribution in [-0.2, 0) is 24.2 Å². The number of Topliss-reactive ketones (excluding diaryl/α,β-unsaturated/α-hetero) is 1. The predicted molar refractivity (Wildman–Crippen MR) is 117 cm³/mol. The van der Waals surface area contributed by atoms with Crippen molar-refractivity contribution in [2.24, 2.45) is 0 Å². The van der Waals surface area contributed by atoms with Crippen LogP contribution >= 0.6 is 0 Å². The van der Waals surface area contributed by atoms with Gasteiger partial charge < -0.3 is 10.1 Å². The fourth-order valence-electron chi connectivity index (χ4n) is 2.93. The maximum atomic E-state index is 12.5. The summed E-state index contributed by atoms with van der Waals surface area (Å²) < 4.78 is 29.9. The molecule has 0 bridgehead atoms. The second-order valence-corrected chi connectivity index (χ2v) is 9.03. The van der Waals surface area contributed by atoms with Crippen molar-refractivity contribution in [3.05, 3.63) is 72.3 Å². The Morgan fingerprint density at radius 2 is 1.65 bits per heavy atom. The number of nitrogens with one attached hydrogen (secondary N) is 1. The molecule has 0 fully saturated rings. The van der Waals surface area contributed by atoms with E-state index in [0.29, 0.717) is 11.3 Å². The van der Waals surface area contributed by atoms with Crippen LogP contribution in [0.3, 0.4) is 0 Å². The average molecular weight is 439 g/mol. The quantitative estimate of drug-likeness (QED) is 0.426. The van der Waals surface area contributed by atoms with Gasteiger partial charge in [0.2, 0.25) is 0 Å². The summed E-state index contributed by atoms with van der Waals surface area (Å²) in [6, 6.07) is 18.5. The van der Waals surface area contributed by atoms with Crippen LogP contribution in [-0.4, -0.2) is 38.4 Å². The highest BCUT2D eigenvalue weighted by Crippen LogP contribution is 2.20. The molecular formula is C23H21NO6S. The Bertz CT molecular complexity index is 1250. The Balaban J connectivity index is 1.51. The first kappa shape index (κ1) is 22.2. The highest BCUT2D eigenvalue weighted by molar-refractivity contribution is 7.91. The van der Waals surface area contributed by atoms with E-state index in [2.05, 4.69) is 5.32 Å². The van der Waals surface area contributed by atoms with E-state index in [1.54, 1.807) is 30.3 Å². The van der Waals surface area contributed by atoms with E-state index < -0.39 is 34.1 Å². The number of anilines is 1. The number of hydrogen-bond donors (Lipinski definition) is 1. The predicted octanol–water partition coefficient (Wildman–Crippen LogP) is 3.39. The molecule has 0 spiro atoms. The number of benzene rings is 3. The molecule has 7 nitrogen and oxygen atoms in total. The summed E-state index contributed by atoms with van der Waals surface area (Å²) >= 11 is 0. The number of esters is 1. The standard InChI is InChI=1S/C23H21NO6S/c1-16(25)18-7-4-8-20(13-18)24-22(26)15-30-23(27)11-12-31(28,29)21-10-9-17-5-2-3-6-19(17)14-21/h2-10,13-14H,11-12,15H2,1H3,(H,24,26). The average Bonchev–Trinajstić information content (AvgIpc) is 2.76. The zero-order chi connectivity index (χ0) is 22.4. The number of ether oxygens (including phenoxy) is 1. The van der Waals surface area contributed by atoms with Crippen molar-refractivity contribution in [2.75, 3.05) is 17.7 Å². The lowest BCUT2D eigenvalue weighted by Gasteiger charge is -2.08. The molecule has 0 heterocycles. The first-order chi connectivity index (χ1) is 14.7. The van der Waals surface area contributed by atoms with Crippen LogP contribution in [0, 0.1) is 0 Å². The van der Waals surface area contributed by atoms with Gasteiger partial charge in [-0.1, -0.05) is 42.5 Å². The summed E-state index contributed by atoms with van der Waals surface area (Å²) in [5.41, 5.74) is 0.835. The van der Waals surface area contributed by atoms with Crippen molar-refractivity contribution in [2.45, 2.75) is 18.2 Å². The molecule has 160 valence electrons. The minimum absolute atomic E-state index is 0.127. The van der Waals surface area contributed by atoms with Crippen LogP contribution < -0.4 is 5.32 Å². The molecule has 0 atom stereocenters. The lowest BCUT2D eigenvalue weighted by Crippen LogP contribution is -2.22. The Labute approximate surface area is 179 Å². The topological polar surface area (TPSA) is 107 Å². The minimum Gasteiger partial charge on any atom is -0.456 e. The Kier molecular flexibility index (Phi) is 6.81. The monoisotopic (exact) mass is 439 g/mol. The molecule has 1 N–H and O–H groups in total. The first-order valence-electron chi connectivity index (χ1n) is 9.53. The summed E-state index contributed by atoms with van der Waals surface area (Å²) in [7, 11) is -3.68. The molecule has 3 rings (SSSR count). The molecule has 0 aliphatic carbocycles. The van der Waals surface area contributed by atoms with Gasteiger partial charge in [0.15, 0.2) is 22.2 Å². The third kappa shape index (κ3) is 5.99. The van der Waals surface area contributed by atoms with Gasteiger partial charge in [0, 0.05) is 11.3 Å². The maximum absolute atomic E-state index is 12.5. The Morgan fingerprint density at radius 1 is 0.903 bits per heavy atom. The van der Waals surface area contributed by atoms with Crippen molar-refractivity contribution < 1.29 is 27.5 Å². The van der Waals surface area contributed by atoms with Crippen molar-refractivity contribution in [3.63, 3.8) is 0 Å². The summed E-state index contributed by atoms with van der Waals surface area (Å²) in [6.45, 7) is 0.855. The summed E-state index contributed by atoms with van der Waals surface area (Å²) in [6.07, 6.45) is -0.373. The first-order valence-corrected chi connectivity index (χ1v) is 11.2. The van der Waals surface area contributed by atoms with Gasteiger partial charge in [-0.25, -0.2) is 8.42 Å². The van der Waals surface area contributed by atoms with Crippen molar-refractivity contribution in [1.82, 2.24) is 0 Å². The van der Waals surface area contributed by atoms with Gasteiger partial charge in [-0.05, 0) is 42.0 Å². The summed E-state index contributed by atoms with van der Waals surface area (Å²) in [5, 5.41) is 4.23. The fourth-order valence-corrected chi connectivity index (χ4v) is 4.18. The lowest BCUT2D eigenvalue weighted by molar-refractivity contribution is -0.146. The Morgan fingerprint density at radius 3 is 2.39 bits per heavy atom. The smallest absolute Gasteiger partial charge is 0.307 e. The number of rotatable bonds is 8. The van der Waals surface area contributed by atoms with Crippen LogP contribution in [0.4, 0.5) is 5.69 Å². The number of hydrogen-bond acceptors (Lipinski definition) is 6. The van der Waals surface area contributed by atoms with Crippen LogP contribution in [0.2, 0.25) is 0 Å². The zero-order valence-corrected chi connectivity index (χ0v) is 17.6. The highest BCUT2D eigenvalue weighted by Gasteiger charge is 2.18. The van der Waals surface area contributed by atoms with Gasteiger partial charge >= 0.3 is 5.97 Å². The van der Waals surface area contributed by atoms with E-state index >= 15 is 0 Å². The molecule has 8 heteroatoms. The third-order valence-corrected chi connectivity index (χ3v) is 6.29. The molecule has 3 aromatic rings. The largest absolute Gasteiger partial charge is 0.456 e. The molecule has 0 unspecified atom stereocenters. The molecule has 0 radical (unpaired) electrons. The van der Waals surface area contributed by atoms with Gasteiger partial charge in [-0.3, -0.25) is 14.4 Å². The van der Waals surface area contributed by atoms with Gasteiger partial charge in [-0.15, -0.1) is 0 Å². The van der Waals surface area contributed by atoms with E-state index in [1.165, 1.54) is 19.1 Å². The zero-order valence-electron chi connectivity index (χ0n) is 16.8. The number of fused-ring (bicyclic) bond motifs is 1. The maximum Gasteiger partial charge on any atom is 0.307 e. The SMILES string of the molecule is CC(=O)c1cccc(NC(=O)COC(=O)CCS(=O)(=O)c2ccc3ccccc3c2)c1. The van der Waals surface area contributed by atoms with Crippen LogP contribution in [0.1, 0.15) is 23.7 Å². The fraction of sp³-hybridized carbons (Fsp3) is 0.174. The van der Waals surface area contributed by atoms with Crippen molar-refractivity contribution >= 4 is 44.0 Å². The van der Waals surface area contributed by atoms with E-state index in [1.807, 2.05) is 24.3 Å². The number of ketones is 1. The van der Waals surface area contributed by atoms with Crippen LogP contribution in [0.25, 0.3) is 10.8 Å². The minimum atomic E-state index is -3.68. The molecular weight excluding hydrogens is 418 g/mol. The van der Waals surface area contributed by atoms with Gasteiger partial charge in [0.25, 0.3) is 5.91 Å². The lowest BCUT2D eigenvalue weighted by atomic mass is 10.1. The second kappa shape index (κ2) is 9.53. The van der Waals surface area contributed by atoms with E-state index in [9.17, 15) is 22.8 Å². The highest BCUT2D eigenvalue weighted by atomic mass is 32.2. The molecule has 0 aliphatic heterocycles. The molecule has 0 saturated carbocycles. The molecule has 0 saturated heterocycles. The van der Waals surface area contributed by atoms with Gasteiger partial charge in [0.05, 0.1) is 17.1 Å². The molecule has 1 amide bonds. The van der Waals surface area contributed by atoms with Crippen LogP contribution in [0.15, 0.2) is 71.6 Å². The Hall–Kier alpha value is -3.52. The van der Waals surface area contributed by atoms with Gasteiger partial charge in [-0.2, -0.15) is 0 Å². The molecule has 31 heavy (non-hydrogen) atoms. The number of carbonyl (C=O) groups excluding carboxylic acids is 3. The molecule has 0 aliphatic rings. The van der Waals surface area contributed by atoms with Crippen molar-refractivity contribution in [3.8, 4) is 0 Å². The van der Waals surface area contributed by atoms with Crippen LogP contribution in [0.5, 0.6) is 0 Å². The number of sulfone groups is 1. The summed E-state index contributed by atoms with van der Waals surface area (Å²) in [4.78, 5) is 35.4. The second-order valence-electron chi connectivity index (χ2n) is 6.92. The number of carbonyl (C=O) groups is 3. The van der Waals surface area contributed by atoms with Gasteiger partial charge in [0.1, 0.15) is 0 Å².